The molecule has 0 atom stereocenters. The molecule has 1 fully saturated rings. The summed E-state index contributed by atoms with van der Waals surface area (Å²) in [5, 5.41) is 2.16. The molecule has 1 saturated heterocycles. The van der Waals surface area contributed by atoms with E-state index in [1.165, 1.54) is 12.3 Å². The Hall–Kier alpha value is -2.67. The highest BCUT2D eigenvalue weighted by atomic mass is 79.9. The highest BCUT2D eigenvalue weighted by Crippen LogP contribution is 2.19. The van der Waals surface area contributed by atoms with Gasteiger partial charge in [-0.1, -0.05) is 28.1 Å². The van der Waals surface area contributed by atoms with Gasteiger partial charge in [0.1, 0.15) is 11.3 Å². The fourth-order valence-electron chi connectivity index (χ4n) is 2.16. The third kappa shape index (κ3) is 3.24. The Labute approximate surface area is 139 Å². The molecule has 7 heteroatoms. The standard InChI is InChI=1S/C16H11BrN2O4/c17-11-4-1-3-10(7-11)8-13-14(20)18-16(22)19(15(13)21)9-12-5-2-6-23-12/h1-8H,9H2,(H,18,20,22)/b13-8+. The number of amides is 4. The monoisotopic (exact) mass is 374 g/mol. The molecule has 0 spiro atoms. The molecule has 2 aromatic rings. The fraction of sp³-hybridized carbons (Fsp3) is 0.0625. The minimum Gasteiger partial charge on any atom is -0.467 e. The number of carbonyl (C=O) groups excluding carboxylic acids is 3. The van der Waals surface area contributed by atoms with Gasteiger partial charge in [-0.15, -0.1) is 0 Å². The molecule has 3 rings (SSSR count). The van der Waals surface area contributed by atoms with Crippen molar-refractivity contribution in [2.45, 2.75) is 6.54 Å². The Morgan fingerprint density at radius 1 is 1.17 bits per heavy atom. The number of nitrogens with zero attached hydrogens (tertiary/aromatic N) is 1. The van der Waals surface area contributed by atoms with E-state index in [0.29, 0.717) is 11.3 Å². The van der Waals surface area contributed by atoms with Crippen molar-refractivity contribution in [2.75, 3.05) is 0 Å². The molecule has 0 aliphatic carbocycles. The molecule has 1 N–H and O–H groups in total. The van der Waals surface area contributed by atoms with Crippen molar-refractivity contribution in [2.24, 2.45) is 0 Å². The van der Waals surface area contributed by atoms with Crippen LogP contribution in [0.25, 0.3) is 6.08 Å². The topological polar surface area (TPSA) is 79.6 Å². The summed E-state index contributed by atoms with van der Waals surface area (Å²) < 4.78 is 5.96. The van der Waals surface area contributed by atoms with Crippen molar-refractivity contribution in [3.63, 3.8) is 0 Å². The quantitative estimate of drug-likeness (QED) is 0.661. The second kappa shape index (κ2) is 6.21. The Balaban J connectivity index is 1.92. The maximum atomic E-state index is 12.5. The third-order valence-electron chi connectivity index (χ3n) is 3.24. The van der Waals surface area contributed by atoms with Gasteiger partial charge in [0.15, 0.2) is 0 Å². The first kappa shape index (κ1) is 15.2. The van der Waals surface area contributed by atoms with Crippen molar-refractivity contribution >= 4 is 39.9 Å². The van der Waals surface area contributed by atoms with Crippen LogP contribution in [0.3, 0.4) is 0 Å². The molecule has 6 nitrogen and oxygen atoms in total. The first-order chi connectivity index (χ1) is 11.0. The van der Waals surface area contributed by atoms with Crippen LogP contribution >= 0.6 is 15.9 Å². The van der Waals surface area contributed by atoms with Crippen molar-refractivity contribution in [3.05, 3.63) is 64.0 Å². The van der Waals surface area contributed by atoms with Crippen LogP contribution in [0.4, 0.5) is 4.79 Å². The highest BCUT2D eigenvalue weighted by molar-refractivity contribution is 9.10. The fourth-order valence-corrected chi connectivity index (χ4v) is 2.58. The van der Waals surface area contributed by atoms with E-state index in [9.17, 15) is 14.4 Å². The number of halogens is 1. The summed E-state index contributed by atoms with van der Waals surface area (Å²) in [7, 11) is 0. The van der Waals surface area contributed by atoms with E-state index >= 15 is 0 Å². The summed E-state index contributed by atoms with van der Waals surface area (Å²) in [5.41, 5.74) is 0.569. The first-order valence-corrected chi connectivity index (χ1v) is 7.51. The number of urea groups is 1. The number of hydrogen-bond acceptors (Lipinski definition) is 4. The van der Waals surface area contributed by atoms with Crippen LogP contribution in [0, 0.1) is 0 Å². The SMILES string of the molecule is O=C1NC(=O)N(Cc2ccco2)C(=O)/C1=C/c1cccc(Br)c1. The molecule has 1 aromatic heterocycles. The van der Waals surface area contributed by atoms with Gasteiger partial charge >= 0.3 is 6.03 Å². The van der Waals surface area contributed by atoms with E-state index in [0.717, 1.165) is 9.37 Å². The van der Waals surface area contributed by atoms with Crippen molar-refractivity contribution in [1.82, 2.24) is 10.2 Å². The zero-order chi connectivity index (χ0) is 16.4. The number of carbonyl (C=O) groups is 3. The number of imide groups is 2. The van der Waals surface area contributed by atoms with Crippen LogP contribution in [-0.4, -0.2) is 22.7 Å². The Bertz CT molecular complexity index is 811. The number of furan rings is 1. The van der Waals surface area contributed by atoms with Gasteiger partial charge in [0.25, 0.3) is 11.8 Å². The van der Waals surface area contributed by atoms with Crippen molar-refractivity contribution in [1.29, 1.82) is 0 Å². The maximum Gasteiger partial charge on any atom is 0.331 e. The summed E-state index contributed by atoms with van der Waals surface area (Å²) in [6.07, 6.45) is 2.90. The predicted octanol–water partition coefficient (Wildman–Crippen LogP) is 2.70. The largest absolute Gasteiger partial charge is 0.467 e. The lowest BCUT2D eigenvalue weighted by molar-refractivity contribution is -0.130. The van der Waals surface area contributed by atoms with Gasteiger partial charge < -0.3 is 4.42 Å². The summed E-state index contributed by atoms with van der Waals surface area (Å²) in [5.74, 6) is -0.921. The zero-order valence-corrected chi connectivity index (χ0v) is 13.4. The van der Waals surface area contributed by atoms with E-state index in [1.807, 2.05) is 6.07 Å². The Morgan fingerprint density at radius 3 is 2.70 bits per heavy atom. The molecule has 1 aromatic carbocycles. The molecule has 1 aliphatic rings. The molecule has 0 radical (unpaired) electrons. The molecule has 0 unspecified atom stereocenters. The lowest BCUT2D eigenvalue weighted by Crippen LogP contribution is -2.53. The van der Waals surface area contributed by atoms with Gasteiger partial charge in [-0.3, -0.25) is 19.8 Å². The van der Waals surface area contributed by atoms with Crippen LogP contribution in [0.15, 0.2) is 57.1 Å². The highest BCUT2D eigenvalue weighted by Gasteiger charge is 2.36. The van der Waals surface area contributed by atoms with E-state index in [2.05, 4.69) is 21.2 Å². The maximum absolute atomic E-state index is 12.5. The first-order valence-electron chi connectivity index (χ1n) is 6.71. The molecule has 2 heterocycles. The number of hydrogen-bond donors (Lipinski definition) is 1. The van der Waals surface area contributed by atoms with E-state index < -0.39 is 17.8 Å². The third-order valence-corrected chi connectivity index (χ3v) is 3.73. The smallest absolute Gasteiger partial charge is 0.331 e. The number of barbiturate groups is 1. The lowest BCUT2D eigenvalue weighted by atomic mass is 10.1. The number of benzene rings is 1. The molecular formula is C16H11BrN2O4. The van der Waals surface area contributed by atoms with Gasteiger partial charge in [-0.2, -0.15) is 0 Å². The van der Waals surface area contributed by atoms with E-state index in [1.54, 1.807) is 30.3 Å². The van der Waals surface area contributed by atoms with E-state index in [-0.39, 0.29) is 12.1 Å². The lowest BCUT2D eigenvalue weighted by Gasteiger charge is -2.25. The van der Waals surface area contributed by atoms with Gasteiger partial charge in [0.2, 0.25) is 0 Å². The number of nitrogens with one attached hydrogen (secondary N) is 1. The van der Waals surface area contributed by atoms with Gasteiger partial charge in [0.05, 0.1) is 12.8 Å². The normalized spacial score (nSPS) is 16.8. The Kier molecular flexibility index (Phi) is 4.12. The number of rotatable bonds is 3. The molecule has 0 saturated carbocycles. The van der Waals surface area contributed by atoms with Crippen molar-refractivity contribution < 1.29 is 18.8 Å². The summed E-state index contributed by atoms with van der Waals surface area (Å²) in [6, 6.07) is 9.68. The van der Waals surface area contributed by atoms with Crippen LogP contribution < -0.4 is 5.32 Å². The Morgan fingerprint density at radius 2 is 2.00 bits per heavy atom. The molecule has 116 valence electrons. The van der Waals surface area contributed by atoms with Gasteiger partial charge in [0, 0.05) is 4.47 Å². The summed E-state index contributed by atoms with van der Waals surface area (Å²) >= 11 is 3.33. The minimum absolute atomic E-state index is 0.0409. The van der Waals surface area contributed by atoms with Crippen molar-refractivity contribution in [3.8, 4) is 0 Å². The van der Waals surface area contributed by atoms with Gasteiger partial charge in [-0.05, 0) is 35.9 Å². The zero-order valence-electron chi connectivity index (χ0n) is 11.8. The average Bonchev–Trinajstić information content (AvgIpc) is 3.01. The summed E-state index contributed by atoms with van der Waals surface area (Å²) in [6.45, 7) is -0.0409. The van der Waals surface area contributed by atoms with E-state index in [4.69, 9.17) is 4.42 Å². The predicted molar refractivity (Wildman–Crippen MR) is 84.9 cm³/mol. The minimum atomic E-state index is -0.761. The molecule has 4 amide bonds. The van der Waals surface area contributed by atoms with Crippen LogP contribution in [0.5, 0.6) is 0 Å². The average molecular weight is 375 g/mol. The second-order valence-corrected chi connectivity index (χ2v) is 5.76. The molecule has 23 heavy (non-hydrogen) atoms. The van der Waals surface area contributed by atoms with Gasteiger partial charge in [-0.25, -0.2) is 4.79 Å². The molecular weight excluding hydrogens is 364 g/mol. The van der Waals surface area contributed by atoms with Crippen LogP contribution in [-0.2, 0) is 16.1 Å². The van der Waals surface area contributed by atoms with Crippen LogP contribution in [0.2, 0.25) is 0 Å². The second-order valence-electron chi connectivity index (χ2n) is 4.84. The summed E-state index contributed by atoms with van der Waals surface area (Å²) in [4.78, 5) is 37.3. The van der Waals surface area contributed by atoms with Crippen LogP contribution in [0.1, 0.15) is 11.3 Å². The molecule has 0 bridgehead atoms. The molecule has 1 aliphatic heterocycles.